The molecule has 0 saturated carbocycles. The fourth-order valence-corrected chi connectivity index (χ4v) is 10.2. The maximum Gasteiger partial charge on any atom is 0.410 e. The second kappa shape index (κ2) is 28.6. The zero-order chi connectivity index (χ0) is 65.9. The Morgan fingerprint density at radius 1 is 0.522 bits per heavy atom. The Bertz CT molecular complexity index is 3290. The lowest BCUT2D eigenvalue weighted by atomic mass is 10.1. The number of para-hydroxylation sites is 2. The van der Waals surface area contributed by atoms with Crippen LogP contribution in [-0.2, 0) is 38.2 Å². The van der Waals surface area contributed by atoms with E-state index in [-0.39, 0.29) is 122 Å². The Balaban J connectivity index is 0.994. The van der Waals surface area contributed by atoms with Gasteiger partial charge in [-0.05, 0) is 65.8 Å². The number of nitrogens with one attached hydrogen (secondary N) is 4. The average Bonchev–Trinajstić information content (AvgIpc) is 2.96. The number of hydrogen-bond acceptors (Lipinski definition) is 16. The highest BCUT2D eigenvalue weighted by molar-refractivity contribution is 6.12. The standard InChI is InChI=1S/C60H70F4N14O12/c1-57(2,3)89-55(87)75-25-21-73(47(81)15-13-45(79)71-43-11-7-9-39-41(17-19-67-51(39)43)53(85)69-33-49(83)77-35-59(61,62)29-37(77)31-65)23-27-76(56(88)90-58(4,5)6)28-24-74(22-26-75)48(82)16-14-46(80)72-44-12-8-10-40-42(18-20-68-52(40)44)54(86)70-34-50(84)78-36-60(63,64)30-38(78)32-66/h7-12,17-20,37-38H,13-16,21-30,33-36H2,1-6H3,(H,69,85)(H,70,86)(H,71,79)(H,72,80)/t37-,38-/m0/s1. The van der Waals surface area contributed by atoms with Crippen molar-refractivity contribution in [2.45, 2.75) is 115 Å². The molecule has 2 aromatic carbocycles. The summed E-state index contributed by atoms with van der Waals surface area (Å²) in [6.07, 6.45) is -2.03. The van der Waals surface area contributed by atoms with E-state index in [2.05, 4.69) is 31.2 Å². The van der Waals surface area contributed by atoms with Gasteiger partial charge in [0.05, 0.1) is 71.9 Å². The Labute approximate surface area is 515 Å². The summed E-state index contributed by atoms with van der Waals surface area (Å²) in [6.45, 7) is 5.68. The zero-order valence-corrected chi connectivity index (χ0v) is 50.5. The van der Waals surface area contributed by atoms with Gasteiger partial charge in [-0.15, -0.1) is 0 Å². The molecule has 10 amide bonds. The molecule has 5 heterocycles. The predicted molar refractivity (Wildman–Crippen MR) is 314 cm³/mol. The van der Waals surface area contributed by atoms with E-state index in [4.69, 9.17) is 9.47 Å². The quantitative estimate of drug-likeness (QED) is 0.120. The molecular formula is C60H70F4N14O12. The number of halogens is 4. The van der Waals surface area contributed by atoms with Gasteiger partial charge in [0.1, 0.15) is 23.3 Å². The lowest BCUT2D eigenvalue weighted by Crippen LogP contribution is -2.51. The molecule has 3 saturated heterocycles. The molecule has 3 aliphatic rings. The predicted octanol–water partition coefficient (Wildman–Crippen LogP) is 5.04. The lowest BCUT2D eigenvalue weighted by Gasteiger charge is -2.35. The topological polar surface area (TPSA) is 330 Å². The monoisotopic (exact) mass is 1250 g/mol. The Kier molecular flexibility index (Phi) is 21.5. The summed E-state index contributed by atoms with van der Waals surface area (Å²) in [5.41, 5.74) is -1.20. The van der Waals surface area contributed by atoms with Crippen LogP contribution in [0.15, 0.2) is 60.9 Å². The van der Waals surface area contributed by atoms with Crippen LogP contribution in [0.5, 0.6) is 0 Å². The van der Waals surface area contributed by atoms with E-state index >= 15 is 0 Å². The van der Waals surface area contributed by atoms with Gasteiger partial charge in [-0.25, -0.2) is 27.2 Å². The van der Waals surface area contributed by atoms with Gasteiger partial charge in [-0.3, -0.25) is 48.3 Å². The van der Waals surface area contributed by atoms with Crippen LogP contribution in [0.25, 0.3) is 21.8 Å². The van der Waals surface area contributed by atoms with Gasteiger partial charge in [0.25, 0.3) is 23.7 Å². The van der Waals surface area contributed by atoms with Crippen LogP contribution in [0.3, 0.4) is 0 Å². The number of aromatic nitrogens is 2. The number of benzene rings is 2. The van der Waals surface area contributed by atoms with Gasteiger partial charge >= 0.3 is 12.2 Å². The van der Waals surface area contributed by atoms with Crippen molar-refractivity contribution >= 4 is 92.6 Å². The molecule has 0 bridgehead atoms. The van der Waals surface area contributed by atoms with Gasteiger partial charge in [0.15, 0.2) is 0 Å². The highest BCUT2D eigenvalue weighted by Gasteiger charge is 2.48. The van der Waals surface area contributed by atoms with Crippen molar-refractivity contribution in [3.05, 3.63) is 72.1 Å². The van der Waals surface area contributed by atoms with E-state index in [9.17, 15) is 76.0 Å². The summed E-state index contributed by atoms with van der Waals surface area (Å²) in [5.74, 6) is -12.1. The fraction of sp³-hybridized carbons (Fsp3) is 0.500. The number of alkyl halides is 4. The van der Waals surface area contributed by atoms with E-state index < -0.39 is 134 Å². The number of nitrogens with zero attached hydrogens (tertiary/aromatic N) is 10. The molecule has 0 aliphatic carbocycles. The zero-order valence-electron chi connectivity index (χ0n) is 50.5. The van der Waals surface area contributed by atoms with Crippen LogP contribution >= 0.6 is 0 Å². The molecule has 2 atom stereocenters. The van der Waals surface area contributed by atoms with E-state index in [0.717, 1.165) is 0 Å². The molecule has 30 heteroatoms. The van der Waals surface area contributed by atoms with Crippen LogP contribution in [-0.4, -0.2) is 212 Å². The number of carbonyl (C=O) groups is 10. The highest BCUT2D eigenvalue weighted by atomic mass is 19.3. The first-order valence-electron chi connectivity index (χ1n) is 28.9. The molecule has 2 aromatic heterocycles. The molecule has 7 rings (SSSR count). The number of pyridine rings is 2. The van der Waals surface area contributed by atoms with Crippen molar-refractivity contribution < 1.29 is 75.0 Å². The molecule has 480 valence electrons. The van der Waals surface area contributed by atoms with Crippen molar-refractivity contribution in [3.63, 3.8) is 0 Å². The number of nitriles is 2. The minimum absolute atomic E-state index is 0.0344. The molecule has 0 unspecified atom stereocenters. The molecule has 4 aromatic rings. The molecule has 90 heavy (non-hydrogen) atoms. The Hall–Kier alpha value is -9.74. The molecule has 0 spiro atoms. The third-order valence-corrected chi connectivity index (χ3v) is 14.6. The molecule has 26 nitrogen and oxygen atoms in total. The molecule has 3 aliphatic heterocycles. The summed E-state index contributed by atoms with van der Waals surface area (Å²) >= 11 is 0. The maximum atomic E-state index is 14.2. The lowest BCUT2D eigenvalue weighted by molar-refractivity contribution is -0.134. The maximum absolute atomic E-state index is 14.2. The van der Waals surface area contributed by atoms with Crippen molar-refractivity contribution in [2.75, 3.05) is 89.2 Å². The van der Waals surface area contributed by atoms with E-state index in [1.54, 1.807) is 53.7 Å². The summed E-state index contributed by atoms with van der Waals surface area (Å²) in [6, 6.07) is 12.5. The first-order valence-corrected chi connectivity index (χ1v) is 28.9. The second-order valence-electron chi connectivity index (χ2n) is 23.7. The number of rotatable bonds is 14. The van der Waals surface area contributed by atoms with Crippen molar-refractivity contribution in [1.29, 1.82) is 10.5 Å². The van der Waals surface area contributed by atoms with Gasteiger partial charge < -0.3 is 60.1 Å². The minimum Gasteiger partial charge on any atom is -0.444 e. The molecule has 0 radical (unpaired) electrons. The number of fused-ring (bicyclic) bond motifs is 2. The van der Waals surface area contributed by atoms with Crippen molar-refractivity contribution in [2.24, 2.45) is 0 Å². The second-order valence-corrected chi connectivity index (χ2v) is 23.7. The molecule has 4 N–H and O–H groups in total. The third kappa shape index (κ3) is 18.2. The summed E-state index contributed by atoms with van der Waals surface area (Å²) < 4.78 is 67.4. The first-order chi connectivity index (χ1) is 42.3. The van der Waals surface area contributed by atoms with Crippen LogP contribution in [0, 0.1) is 22.7 Å². The summed E-state index contributed by atoms with van der Waals surface area (Å²) in [5, 5.41) is 29.4. The largest absolute Gasteiger partial charge is 0.444 e. The number of anilines is 2. The smallest absolute Gasteiger partial charge is 0.410 e. The minimum atomic E-state index is -3.25. The van der Waals surface area contributed by atoms with E-state index in [1.165, 1.54) is 80.5 Å². The SMILES string of the molecule is CC(C)(C)OC(=O)N1CCN(C(=O)CCC(=O)Nc2cccc3c(C(=O)NCC(=O)N4CC(F)(F)C[C@H]4C#N)ccnc23)CCN(C(=O)OC(C)(C)C)CCN(C(=O)CCC(=O)Nc2cccc3c(C(=O)NCC(=O)N4CC(F)(F)C[C@H]4C#N)ccnc23)CC1. The van der Waals surface area contributed by atoms with Gasteiger partial charge in [0, 0.05) is 114 Å². The van der Waals surface area contributed by atoms with E-state index in [1.807, 2.05) is 0 Å². The van der Waals surface area contributed by atoms with E-state index in [0.29, 0.717) is 9.80 Å². The Morgan fingerprint density at radius 3 is 1.20 bits per heavy atom. The van der Waals surface area contributed by atoms with Crippen molar-refractivity contribution in [1.82, 2.24) is 50.0 Å². The van der Waals surface area contributed by atoms with Crippen LogP contribution in [0.1, 0.15) is 101 Å². The van der Waals surface area contributed by atoms with Gasteiger partial charge in [0.2, 0.25) is 35.4 Å². The van der Waals surface area contributed by atoms with Crippen LogP contribution in [0.4, 0.5) is 38.5 Å². The third-order valence-electron chi connectivity index (χ3n) is 14.6. The average molecular weight is 1260 g/mol. The van der Waals surface area contributed by atoms with Crippen LogP contribution < -0.4 is 21.3 Å². The Morgan fingerprint density at radius 2 is 0.867 bits per heavy atom. The van der Waals surface area contributed by atoms with Crippen molar-refractivity contribution in [3.8, 4) is 12.1 Å². The normalized spacial score (nSPS) is 17.9. The number of likely N-dealkylation sites (tertiary alicyclic amines) is 2. The number of carbonyl (C=O) groups excluding carboxylic acids is 10. The number of amides is 10. The number of ether oxygens (including phenoxy) is 2. The van der Waals surface area contributed by atoms with Crippen LogP contribution in [0.2, 0.25) is 0 Å². The first kappa shape index (κ1) is 67.8. The number of hydrogen-bond donors (Lipinski definition) is 4. The fourth-order valence-electron chi connectivity index (χ4n) is 10.2. The summed E-state index contributed by atoms with van der Waals surface area (Å²) in [7, 11) is 0. The highest BCUT2D eigenvalue weighted by Crippen LogP contribution is 2.33. The van der Waals surface area contributed by atoms with Gasteiger partial charge in [-0.2, -0.15) is 10.5 Å². The van der Waals surface area contributed by atoms with Gasteiger partial charge in [-0.1, -0.05) is 24.3 Å². The molecule has 3 fully saturated rings. The summed E-state index contributed by atoms with van der Waals surface area (Å²) in [4.78, 5) is 151. The molecular weight excluding hydrogens is 1180 g/mol.